The first-order valence-corrected chi connectivity index (χ1v) is 6.82. The number of aryl methyl sites for hydroxylation is 1. The average Bonchev–Trinajstić information content (AvgIpc) is 2.49. The summed E-state index contributed by atoms with van der Waals surface area (Å²) in [5.74, 6) is -1.41. The molecule has 108 valence electrons. The second-order valence-corrected chi connectivity index (χ2v) is 4.91. The highest BCUT2D eigenvalue weighted by Gasteiger charge is 2.11. The number of aromatic carboxylic acids is 1. The first-order valence-electron chi connectivity index (χ1n) is 6.44. The number of amides is 1. The largest absolute Gasteiger partial charge is 0.478 e. The van der Waals surface area contributed by atoms with Crippen molar-refractivity contribution in [3.8, 4) is 0 Å². The van der Waals surface area contributed by atoms with E-state index >= 15 is 0 Å². The number of benzene rings is 2. The molecular formula is C16H14ClNO3. The highest BCUT2D eigenvalue weighted by molar-refractivity contribution is 6.34. The number of hydrogen-bond donors (Lipinski definition) is 2. The van der Waals surface area contributed by atoms with E-state index in [0.29, 0.717) is 10.6 Å². The van der Waals surface area contributed by atoms with Gasteiger partial charge in [0, 0.05) is 5.56 Å². The van der Waals surface area contributed by atoms with Gasteiger partial charge in [-0.2, -0.15) is 0 Å². The van der Waals surface area contributed by atoms with E-state index in [1.807, 2.05) is 19.1 Å². The molecule has 2 aromatic rings. The number of nitrogens with one attached hydrogen (secondary N) is 1. The topological polar surface area (TPSA) is 66.4 Å². The zero-order chi connectivity index (χ0) is 15.4. The Bertz CT molecular complexity index is 680. The molecule has 5 heteroatoms. The monoisotopic (exact) mass is 303 g/mol. The fraction of sp³-hybridized carbons (Fsp3) is 0.125. The predicted octanol–water partition coefficient (Wildman–Crippen LogP) is 3.85. The van der Waals surface area contributed by atoms with Crippen molar-refractivity contribution in [3.63, 3.8) is 0 Å². The van der Waals surface area contributed by atoms with Crippen LogP contribution in [0.25, 0.3) is 0 Å². The van der Waals surface area contributed by atoms with Gasteiger partial charge in [-0.3, -0.25) is 4.79 Å². The predicted molar refractivity (Wildman–Crippen MR) is 82.2 cm³/mol. The van der Waals surface area contributed by atoms with Gasteiger partial charge in [0.15, 0.2) is 0 Å². The van der Waals surface area contributed by atoms with Gasteiger partial charge in [0.2, 0.25) is 0 Å². The van der Waals surface area contributed by atoms with Gasteiger partial charge in [0.05, 0.1) is 16.3 Å². The van der Waals surface area contributed by atoms with Gasteiger partial charge in [-0.05, 0) is 42.3 Å². The van der Waals surface area contributed by atoms with Crippen LogP contribution in [0.15, 0.2) is 42.5 Å². The van der Waals surface area contributed by atoms with Crippen molar-refractivity contribution < 1.29 is 14.7 Å². The van der Waals surface area contributed by atoms with E-state index in [4.69, 9.17) is 16.7 Å². The third-order valence-electron chi connectivity index (χ3n) is 3.09. The molecule has 4 nitrogen and oxygen atoms in total. The minimum Gasteiger partial charge on any atom is -0.478 e. The lowest BCUT2D eigenvalue weighted by Crippen LogP contribution is -2.13. The fourth-order valence-corrected chi connectivity index (χ4v) is 2.01. The number of carbonyl (C=O) groups is 2. The summed E-state index contributed by atoms with van der Waals surface area (Å²) in [7, 11) is 0. The number of rotatable bonds is 4. The van der Waals surface area contributed by atoms with Gasteiger partial charge in [0.25, 0.3) is 5.91 Å². The molecule has 0 aromatic heterocycles. The molecular weight excluding hydrogens is 290 g/mol. The van der Waals surface area contributed by atoms with Crippen molar-refractivity contribution in [1.82, 2.24) is 0 Å². The fourth-order valence-electron chi connectivity index (χ4n) is 1.84. The average molecular weight is 304 g/mol. The van der Waals surface area contributed by atoms with Crippen LogP contribution in [0.4, 0.5) is 5.69 Å². The maximum absolute atomic E-state index is 12.1. The number of hydrogen-bond acceptors (Lipinski definition) is 2. The molecule has 21 heavy (non-hydrogen) atoms. The lowest BCUT2D eigenvalue weighted by Gasteiger charge is -2.08. The lowest BCUT2D eigenvalue weighted by molar-refractivity contribution is 0.0696. The lowest BCUT2D eigenvalue weighted by atomic mass is 10.1. The standard InChI is InChI=1S/C16H14ClNO3/c1-2-10-3-5-11(6-4-10)15(19)18-14-9-12(16(20)21)7-8-13(14)17/h3-9H,2H2,1H3,(H,18,19)(H,20,21). The molecule has 0 heterocycles. The maximum Gasteiger partial charge on any atom is 0.335 e. The van der Waals surface area contributed by atoms with Crippen LogP contribution in [0.5, 0.6) is 0 Å². The molecule has 0 aliphatic rings. The summed E-state index contributed by atoms with van der Waals surface area (Å²) in [5, 5.41) is 11.9. The van der Waals surface area contributed by atoms with Crippen LogP contribution in [0.3, 0.4) is 0 Å². The molecule has 0 atom stereocenters. The smallest absolute Gasteiger partial charge is 0.335 e. The molecule has 0 bridgehead atoms. The van der Waals surface area contributed by atoms with Crippen LogP contribution in [0.1, 0.15) is 33.2 Å². The summed E-state index contributed by atoms with van der Waals surface area (Å²) in [6.07, 6.45) is 0.897. The molecule has 2 rings (SSSR count). The summed E-state index contributed by atoms with van der Waals surface area (Å²) >= 11 is 5.97. The van der Waals surface area contributed by atoms with Crippen molar-refractivity contribution in [2.24, 2.45) is 0 Å². The first-order chi connectivity index (χ1) is 10.0. The van der Waals surface area contributed by atoms with Crippen molar-refractivity contribution >= 4 is 29.2 Å². The second-order valence-electron chi connectivity index (χ2n) is 4.50. The number of carboxylic acids is 1. The SMILES string of the molecule is CCc1ccc(C(=O)Nc2cc(C(=O)O)ccc2Cl)cc1. The van der Waals surface area contributed by atoms with Crippen LogP contribution >= 0.6 is 11.6 Å². The molecule has 2 aromatic carbocycles. The van der Waals surface area contributed by atoms with E-state index in [-0.39, 0.29) is 17.2 Å². The van der Waals surface area contributed by atoms with Crippen molar-refractivity contribution in [1.29, 1.82) is 0 Å². The number of carbonyl (C=O) groups excluding carboxylic acids is 1. The zero-order valence-electron chi connectivity index (χ0n) is 11.4. The normalized spacial score (nSPS) is 10.2. The zero-order valence-corrected chi connectivity index (χ0v) is 12.1. The minimum atomic E-state index is -1.07. The van der Waals surface area contributed by atoms with Gasteiger partial charge in [-0.25, -0.2) is 4.79 Å². The van der Waals surface area contributed by atoms with Crippen molar-refractivity contribution in [2.45, 2.75) is 13.3 Å². The minimum absolute atomic E-state index is 0.0658. The third kappa shape index (κ3) is 3.61. The Hall–Kier alpha value is -2.33. The molecule has 1 amide bonds. The molecule has 0 saturated heterocycles. The summed E-state index contributed by atoms with van der Waals surface area (Å²) in [6.45, 7) is 2.03. The molecule has 0 radical (unpaired) electrons. The Morgan fingerprint density at radius 3 is 2.29 bits per heavy atom. The van der Waals surface area contributed by atoms with Crippen LogP contribution < -0.4 is 5.32 Å². The van der Waals surface area contributed by atoms with Crippen LogP contribution in [0.2, 0.25) is 5.02 Å². The first kappa shape index (κ1) is 15.1. The highest BCUT2D eigenvalue weighted by Crippen LogP contribution is 2.23. The molecule has 0 aliphatic heterocycles. The number of halogens is 1. The van der Waals surface area contributed by atoms with Gasteiger partial charge in [-0.15, -0.1) is 0 Å². The molecule has 0 saturated carbocycles. The third-order valence-corrected chi connectivity index (χ3v) is 3.42. The molecule has 0 unspecified atom stereocenters. The Morgan fingerprint density at radius 2 is 1.71 bits per heavy atom. The van der Waals surface area contributed by atoms with Gasteiger partial charge >= 0.3 is 5.97 Å². The van der Waals surface area contributed by atoms with Gasteiger partial charge < -0.3 is 10.4 Å². The van der Waals surface area contributed by atoms with E-state index in [2.05, 4.69) is 5.32 Å². The molecule has 0 fully saturated rings. The molecule has 0 spiro atoms. The van der Waals surface area contributed by atoms with Crippen molar-refractivity contribution in [2.75, 3.05) is 5.32 Å². The molecule has 0 aliphatic carbocycles. The Morgan fingerprint density at radius 1 is 1.10 bits per heavy atom. The van der Waals surface area contributed by atoms with Gasteiger partial charge in [0.1, 0.15) is 0 Å². The Kier molecular flexibility index (Phi) is 4.60. The highest BCUT2D eigenvalue weighted by atomic mass is 35.5. The van der Waals surface area contributed by atoms with Crippen LogP contribution in [-0.2, 0) is 6.42 Å². The quantitative estimate of drug-likeness (QED) is 0.901. The van der Waals surface area contributed by atoms with Crippen LogP contribution in [0, 0.1) is 0 Å². The Balaban J connectivity index is 2.22. The maximum atomic E-state index is 12.1. The van der Waals surface area contributed by atoms with Crippen molar-refractivity contribution in [3.05, 3.63) is 64.2 Å². The number of carboxylic acid groups (broad SMARTS) is 1. The molecule has 2 N–H and O–H groups in total. The summed E-state index contributed by atoms with van der Waals surface area (Å²) in [5.41, 5.74) is 1.97. The van der Waals surface area contributed by atoms with E-state index in [1.54, 1.807) is 12.1 Å². The van der Waals surface area contributed by atoms with E-state index < -0.39 is 5.97 Å². The van der Waals surface area contributed by atoms with E-state index in [9.17, 15) is 9.59 Å². The number of anilines is 1. The van der Waals surface area contributed by atoms with E-state index in [1.165, 1.54) is 18.2 Å². The Labute approximate surface area is 127 Å². The second kappa shape index (κ2) is 6.41. The van der Waals surface area contributed by atoms with Gasteiger partial charge in [-0.1, -0.05) is 30.7 Å². The van der Waals surface area contributed by atoms with Crippen LogP contribution in [-0.4, -0.2) is 17.0 Å². The summed E-state index contributed by atoms with van der Waals surface area (Å²) in [4.78, 5) is 23.1. The summed E-state index contributed by atoms with van der Waals surface area (Å²) in [6, 6.07) is 11.4. The van der Waals surface area contributed by atoms with E-state index in [0.717, 1.165) is 12.0 Å². The summed E-state index contributed by atoms with van der Waals surface area (Å²) < 4.78 is 0.